The van der Waals surface area contributed by atoms with Crippen LogP contribution in [0.4, 0.5) is 5.69 Å². The fourth-order valence-corrected chi connectivity index (χ4v) is 4.41. The molecule has 3 rings (SSSR count). The van der Waals surface area contributed by atoms with E-state index in [0.29, 0.717) is 5.69 Å². The first-order chi connectivity index (χ1) is 8.99. The van der Waals surface area contributed by atoms with Crippen molar-refractivity contribution in [2.75, 3.05) is 0 Å². The normalized spacial score (nSPS) is 16.8. The van der Waals surface area contributed by atoms with Crippen molar-refractivity contribution in [3.8, 4) is 11.8 Å². The van der Waals surface area contributed by atoms with Crippen molar-refractivity contribution in [1.82, 2.24) is 9.97 Å². The Morgan fingerprint density at radius 2 is 1.89 bits per heavy atom. The van der Waals surface area contributed by atoms with Gasteiger partial charge < -0.3 is 10.2 Å². The summed E-state index contributed by atoms with van der Waals surface area (Å²) in [6.07, 6.45) is 0. The zero-order valence-corrected chi connectivity index (χ0v) is 11.3. The Morgan fingerprint density at radius 3 is 2.58 bits per heavy atom. The van der Waals surface area contributed by atoms with Crippen molar-refractivity contribution in [3.05, 3.63) is 11.1 Å². The number of aromatic hydroxyl groups is 2. The number of aromatic nitrogens is 2. The molecule has 2 heterocycles. The molecule has 0 saturated heterocycles. The largest absolute Gasteiger partial charge is 0.489 e. The van der Waals surface area contributed by atoms with E-state index in [1.807, 2.05) is 0 Å². The van der Waals surface area contributed by atoms with Gasteiger partial charge in [-0.1, -0.05) is 11.6 Å². The van der Waals surface area contributed by atoms with Crippen LogP contribution in [0.3, 0.4) is 0 Å². The molecule has 1 aromatic carbocycles. The maximum absolute atomic E-state index is 11.2. The molecule has 0 fully saturated rings. The minimum atomic E-state index is -2.42. The highest BCUT2D eigenvalue weighted by atomic mass is 35.5. The smallest absolute Gasteiger partial charge is 0.276 e. The molecular weight excluding hydrogens is 314 g/mol. The van der Waals surface area contributed by atoms with Gasteiger partial charge in [-0.2, -0.15) is 8.42 Å². The van der Waals surface area contributed by atoms with Gasteiger partial charge in [-0.25, -0.2) is 15.0 Å². The van der Waals surface area contributed by atoms with Crippen LogP contribution in [0.2, 0.25) is 5.02 Å². The van der Waals surface area contributed by atoms with E-state index in [9.17, 15) is 18.6 Å². The number of hydrogen-bond acceptors (Lipinski definition) is 7. The Hall–Kier alpha value is -1.71. The average molecular weight is 318 g/mol. The highest BCUT2D eigenvalue weighted by Gasteiger charge is 2.23. The topological polar surface area (TPSA) is 113 Å². The molecule has 98 valence electrons. The SMILES string of the molecule is O=S(=O)=S1C=Nc2c(Cl)cc3nc(O)c(O)nc3c21. The lowest BCUT2D eigenvalue weighted by Gasteiger charge is -2.06. The summed E-state index contributed by atoms with van der Waals surface area (Å²) in [6.45, 7) is 0. The van der Waals surface area contributed by atoms with Crippen molar-refractivity contribution >= 4 is 52.6 Å². The molecule has 1 aliphatic rings. The Bertz CT molecular complexity index is 900. The van der Waals surface area contributed by atoms with Gasteiger partial charge in [0.2, 0.25) is 0 Å². The summed E-state index contributed by atoms with van der Waals surface area (Å²) in [5.74, 6) is -1.32. The number of halogens is 1. The van der Waals surface area contributed by atoms with E-state index in [1.165, 1.54) is 11.6 Å². The first-order valence-electron chi connectivity index (χ1n) is 4.78. The summed E-state index contributed by atoms with van der Waals surface area (Å²) in [4.78, 5) is 11.7. The van der Waals surface area contributed by atoms with Crippen LogP contribution in [0.15, 0.2) is 16.0 Å². The van der Waals surface area contributed by atoms with Crippen LogP contribution in [-0.2, 0) is 18.7 Å². The van der Waals surface area contributed by atoms with E-state index in [2.05, 4.69) is 15.0 Å². The summed E-state index contributed by atoms with van der Waals surface area (Å²) in [7, 11) is -3.73. The van der Waals surface area contributed by atoms with E-state index < -0.39 is 30.5 Å². The molecule has 0 amide bonds. The van der Waals surface area contributed by atoms with Crippen LogP contribution in [-0.4, -0.2) is 34.1 Å². The fourth-order valence-electron chi connectivity index (χ4n) is 1.67. The Labute approximate surface area is 114 Å². The molecular formula is C9H4ClN3O4S2. The summed E-state index contributed by atoms with van der Waals surface area (Å²) < 4.78 is 22.4. The molecule has 7 nitrogen and oxygen atoms in total. The van der Waals surface area contributed by atoms with Crippen LogP contribution < -0.4 is 0 Å². The fraction of sp³-hybridized carbons (Fsp3) is 0. The second-order valence-electron chi connectivity index (χ2n) is 3.51. The number of fused-ring (bicyclic) bond motifs is 3. The van der Waals surface area contributed by atoms with Gasteiger partial charge in [0.1, 0.15) is 5.52 Å². The van der Waals surface area contributed by atoms with Gasteiger partial charge in [-0.05, 0) is 6.07 Å². The number of rotatable bonds is 0. The van der Waals surface area contributed by atoms with E-state index in [-0.39, 0.29) is 21.0 Å². The lowest BCUT2D eigenvalue weighted by atomic mass is 10.2. The molecule has 2 N–H and O–H groups in total. The summed E-state index contributed by atoms with van der Waals surface area (Å²) in [5, 5.41) is 18.9. The highest BCUT2D eigenvalue weighted by molar-refractivity contribution is 8.41. The van der Waals surface area contributed by atoms with Gasteiger partial charge in [0.25, 0.3) is 21.0 Å². The summed E-state index contributed by atoms with van der Waals surface area (Å²) >= 11 is 5.99. The number of hydrogen-bond donors (Lipinski definition) is 2. The third kappa shape index (κ3) is 1.78. The molecule has 0 radical (unpaired) electrons. The molecule has 1 aromatic heterocycles. The second kappa shape index (κ2) is 4.15. The molecule has 10 heteroatoms. The van der Waals surface area contributed by atoms with Gasteiger partial charge in [-0.15, -0.1) is 0 Å². The molecule has 1 atom stereocenters. The Morgan fingerprint density at radius 1 is 1.21 bits per heavy atom. The minimum absolute atomic E-state index is 0.153. The van der Waals surface area contributed by atoms with Crippen molar-refractivity contribution in [1.29, 1.82) is 0 Å². The molecule has 0 saturated carbocycles. The van der Waals surface area contributed by atoms with E-state index in [0.717, 1.165) is 0 Å². The zero-order valence-electron chi connectivity index (χ0n) is 8.90. The third-order valence-electron chi connectivity index (χ3n) is 2.43. The van der Waals surface area contributed by atoms with E-state index in [1.54, 1.807) is 0 Å². The standard InChI is InChI=1S/C9H4ClN3O4S2/c10-3-1-4-6(13-9(15)8(14)12-4)7-5(3)11-2-18(7)19(16)17/h1-2H,(H,12,14)(H,13,15). The van der Waals surface area contributed by atoms with Crippen molar-refractivity contribution < 1.29 is 18.6 Å². The first kappa shape index (κ1) is 12.3. The number of nitrogens with zero attached hydrogens (tertiary/aromatic N) is 3. The van der Waals surface area contributed by atoms with Gasteiger partial charge in [-0.3, -0.25) is 0 Å². The van der Waals surface area contributed by atoms with E-state index >= 15 is 0 Å². The molecule has 1 aliphatic heterocycles. The molecule has 0 aliphatic carbocycles. The Kier molecular flexibility index (Phi) is 2.69. The molecule has 0 spiro atoms. The van der Waals surface area contributed by atoms with Crippen molar-refractivity contribution in [3.63, 3.8) is 0 Å². The molecule has 0 bridgehead atoms. The monoisotopic (exact) mass is 317 g/mol. The summed E-state index contributed by atoms with van der Waals surface area (Å²) in [5.41, 5.74) is 1.89. The maximum Gasteiger partial charge on any atom is 0.276 e. The first-order valence-corrected chi connectivity index (χ1v) is 8.04. The van der Waals surface area contributed by atoms with Crippen LogP contribution in [0, 0.1) is 0 Å². The van der Waals surface area contributed by atoms with Crippen molar-refractivity contribution in [2.45, 2.75) is 4.90 Å². The second-order valence-corrected chi connectivity index (χ2v) is 7.43. The summed E-state index contributed by atoms with van der Waals surface area (Å²) in [6, 6.07) is 1.40. The van der Waals surface area contributed by atoms with Gasteiger partial charge in [0.15, 0.2) is 0 Å². The zero-order chi connectivity index (χ0) is 13.7. The molecule has 2 aromatic rings. The van der Waals surface area contributed by atoms with Gasteiger partial charge in [0, 0.05) is 9.45 Å². The number of benzene rings is 1. The average Bonchev–Trinajstić information content (AvgIpc) is 2.77. The van der Waals surface area contributed by atoms with Crippen LogP contribution in [0.25, 0.3) is 11.0 Å². The third-order valence-corrected chi connectivity index (χ3v) is 5.74. The lowest BCUT2D eigenvalue weighted by molar-refractivity contribution is 0.377. The van der Waals surface area contributed by atoms with Crippen LogP contribution >= 0.6 is 11.6 Å². The van der Waals surface area contributed by atoms with Gasteiger partial charge in [0.05, 0.1) is 26.7 Å². The minimum Gasteiger partial charge on any atom is -0.489 e. The predicted octanol–water partition coefficient (Wildman–Crippen LogP) is 1.14. The van der Waals surface area contributed by atoms with Gasteiger partial charge >= 0.3 is 0 Å². The van der Waals surface area contributed by atoms with Crippen LogP contribution in [0.1, 0.15) is 0 Å². The predicted molar refractivity (Wildman–Crippen MR) is 70.6 cm³/mol. The van der Waals surface area contributed by atoms with Crippen LogP contribution in [0.5, 0.6) is 11.8 Å². The lowest BCUT2D eigenvalue weighted by Crippen LogP contribution is -1.94. The highest BCUT2D eigenvalue weighted by Crippen LogP contribution is 2.41. The van der Waals surface area contributed by atoms with E-state index in [4.69, 9.17) is 11.6 Å². The molecule has 19 heavy (non-hydrogen) atoms. The quantitative estimate of drug-likeness (QED) is 0.753. The number of aliphatic imine (C=N–C) groups is 1. The Balaban J connectivity index is 2.57. The maximum atomic E-state index is 11.2. The van der Waals surface area contributed by atoms with Crippen molar-refractivity contribution in [2.24, 2.45) is 4.99 Å². The molecule has 1 unspecified atom stereocenters.